The van der Waals surface area contributed by atoms with Gasteiger partial charge in [0.15, 0.2) is 12.2 Å². The van der Waals surface area contributed by atoms with E-state index < -0.39 is 60.4 Å². The number of hydrogen-bond acceptors (Lipinski definition) is 10. The summed E-state index contributed by atoms with van der Waals surface area (Å²) in [4.78, 5) is 57.2. The SMILES string of the molecule is CC(=O)N[C@H]1[C@@H](OC(C)=O)O[C@@H](COC(C)=O)[C@@H](OC(C)=O)[C@@H]1OC(C)=O. The predicted octanol–water partition coefficient (Wildman–Crippen LogP) is -0.794. The van der Waals surface area contributed by atoms with E-state index in [0.717, 1.165) is 27.7 Å². The van der Waals surface area contributed by atoms with E-state index in [1.807, 2.05) is 0 Å². The van der Waals surface area contributed by atoms with Crippen molar-refractivity contribution in [3.05, 3.63) is 0 Å². The van der Waals surface area contributed by atoms with Crippen LogP contribution in [0.15, 0.2) is 0 Å². The van der Waals surface area contributed by atoms with Crippen molar-refractivity contribution in [2.45, 2.75) is 65.3 Å². The predicted molar refractivity (Wildman–Crippen MR) is 85.8 cm³/mol. The standard InChI is InChI=1S/C16H23NO10/c1-7(18)17-13-15(25-10(4)21)14(24-9(3)20)12(6-23-8(2)19)27-16(13)26-11(5)22/h12-16H,6H2,1-5H3,(H,17,18)/t12-,13+,14+,15+,16-/m0/s1. The van der Waals surface area contributed by atoms with E-state index in [0.29, 0.717) is 0 Å². The first-order valence-electron chi connectivity index (χ1n) is 8.08. The monoisotopic (exact) mass is 389 g/mol. The lowest BCUT2D eigenvalue weighted by Crippen LogP contribution is -2.66. The highest BCUT2D eigenvalue weighted by atomic mass is 16.7. The van der Waals surface area contributed by atoms with Gasteiger partial charge in [0.25, 0.3) is 0 Å². The molecule has 1 rings (SSSR count). The third-order valence-electron chi connectivity index (χ3n) is 3.35. The van der Waals surface area contributed by atoms with Gasteiger partial charge in [-0.05, 0) is 0 Å². The summed E-state index contributed by atoms with van der Waals surface area (Å²) in [5.41, 5.74) is 0. The molecule has 0 spiro atoms. The lowest BCUT2D eigenvalue weighted by Gasteiger charge is -2.44. The molecule has 11 nitrogen and oxygen atoms in total. The summed E-state index contributed by atoms with van der Waals surface area (Å²) in [5.74, 6) is -3.34. The molecule has 27 heavy (non-hydrogen) atoms. The van der Waals surface area contributed by atoms with Crippen LogP contribution in [0.2, 0.25) is 0 Å². The molecule has 0 aromatic carbocycles. The molecule has 0 aromatic heterocycles. The number of carbonyl (C=O) groups excluding carboxylic acids is 5. The summed E-state index contributed by atoms with van der Waals surface area (Å²) in [6.45, 7) is 5.36. The second-order valence-corrected chi connectivity index (χ2v) is 5.83. The number of amides is 1. The molecule has 1 N–H and O–H groups in total. The number of carbonyl (C=O) groups is 5. The summed E-state index contributed by atoms with van der Waals surface area (Å²) in [6, 6.07) is -1.16. The number of nitrogens with one attached hydrogen (secondary N) is 1. The third-order valence-corrected chi connectivity index (χ3v) is 3.35. The van der Waals surface area contributed by atoms with Crippen LogP contribution >= 0.6 is 0 Å². The van der Waals surface area contributed by atoms with E-state index in [-0.39, 0.29) is 6.61 Å². The van der Waals surface area contributed by atoms with Gasteiger partial charge < -0.3 is 29.0 Å². The highest BCUT2D eigenvalue weighted by Gasteiger charge is 2.52. The van der Waals surface area contributed by atoms with Crippen molar-refractivity contribution < 1.29 is 47.7 Å². The Labute approximate surface area is 155 Å². The van der Waals surface area contributed by atoms with Crippen LogP contribution in [0.3, 0.4) is 0 Å². The zero-order chi connectivity index (χ0) is 20.7. The van der Waals surface area contributed by atoms with Gasteiger partial charge in [-0.15, -0.1) is 0 Å². The van der Waals surface area contributed by atoms with E-state index in [1.165, 1.54) is 6.92 Å². The first kappa shape index (κ1) is 22.4. The first-order valence-corrected chi connectivity index (χ1v) is 8.08. The average Bonchev–Trinajstić information content (AvgIpc) is 2.49. The zero-order valence-corrected chi connectivity index (χ0v) is 15.7. The van der Waals surface area contributed by atoms with Gasteiger partial charge in [-0.2, -0.15) is 0 Å². The summed E-state index contributed by atoms with van der Waals surface area (Å²) >= 11 is 0. The van der Waals surface area contributed by atoms with E-state index in [1.54, 1.807) is 0 Å². The lowest BCUT2D eigenvalue weighted by molar-refractivity contribution is -0.270. The molecule has 11 heteroatoms. The molecular formula is C16H23NO10. The van der Waals surface area contributed by atoms with Crippen LogP contribution in [-0.2, 0) is 47.7 Å². The molecule has 152 valence electrons. The highest BCUT2D eigenvalue weighted by molar-refractivity contribution is 5.74. The van der Waals surface area contributed by atoms with Crippen molar-refractivity contribution in [2.75, 3.05) is 6.61 Å². The van der Waals surface area contributed by atoms with Crippen LogP contribution in [0.4, 0.5) is 0 Å². The van der Waals surface area contributed by atoms with Gasteiger partial charge in [0.05, 0.1) is 0 Å². The largest absolute Gasteiger partial charge is 0.463 e. The Morgan fingerprint density at radius 3 is 1.74 bits per heavy atom. The van der Waals surface area contributed by atoms with Gasteiger partial charge in [0.1, 0.15) is 18.8 Å². The van der Waals surface area contributed by atoms with Gasteiger partial charge >= 0.3 is 23.9 Å². The van der Waals surface area contributed by atoms with Crippen molar-refractivity contribution in [3.63, 3.8) is 0 Å². The average molecular weight is 389 g/mol. The van der Waals surface area contributed by atoms with Crippen molar-refractivity contribution in [1.82, 2.24) is 5.32 Å². The van der Waals surface area contributed by atoms with Gasteiger partial charge in [-0.25, -0.2) is 0 Å². The normalized spacial score (nSPS) is 27.1. The molecule has 0 unspecified atom stereocenters. The maximum Gasteiger partial charge on any atom is 0.305 e. The Kier molecular flexibility index (Phi) is 8.16. The fourth-order valence-corrected chi connectivity index (χ4v) is 2.55. The molecule has 0 bridgehead atoms. The summed E-state index contributed by atoms with van der Waals surface area (Å²) in [6.07, 6.45) is -4.97. The fourth-order valence-electron chi connectivity index (χ4n) is 2.55. The smallest absolute Gasteiger partial charge is 0.305 e. The van der Waals surface area contributed by atoms with Crippen molar-refractivity contribution in [3.8, 4) is 0 Å². The zero-order valence-electron chi connectivity index (χ0n) is 15.7. The molecule has 1 aliphatic heterocycles. The number of esters is 4. The van der Waals surface area contributed by atoms with Crippen LogP contribution in [0, 0.1) is 0 Å². The number of ether oxygens (including phenoxy) is 5. The van der Waals surface area contributed by atoms with Crippen LogP contribution in [0.1, 0.15) is 34.6 Å². The minimum Gasteiger partial charge on any atom is -0.463 e. The molecule has 1 saturated heterocycles. The maximum absolute atomic E-state index is 11.6. The Bertz CT molecular complexity index is 604. The lowest BCUT2D eigenvalue weighted by atomic mass is 9.96. The quantitative estimate of drug-likeness (QED) is 0.453. The van der Waals surface area contributed by atoms with E-state index in [4.69, 9.17) is 23.7 Å². The van der Waals surface area contributed by atoms with Crippen LogP contribution in [0.25, 0.3) is 0 Å². The molecule has 0 saturated carbocycles. The number of rotatable bonds is 6. The Morgan fingerprint density at radius 2 is 1.30 bits per heavy atom. The maximum atomic E-state index is 11.6. The second kappa shape index (κ2) is 9.86. The minimum atomic E-state index is -1.37. The van der Waals surface area contributed by atoms with E-state index >= 15 is 0 Å². The molecule has 1 amide bonds. The molecule has 0 radical (unpaired) electrons. The van der Waals surface area contributed by atoms with Crippen LogP contribution < -0.4 is 5.32 Å². The van der Waals surface area contributed by atoms with Crippen molar-refractivity contribution in [2.24, 2.45) is 0 Å². The van der Waals surface area contributed by atoms with Gasteiger partial charge in [-0.3, -0.25) is 24.0 Å². The summed E-state index contributed by atoms with van der Waals surface area (Å²) in [7, 11) is 0. The van der Waals surface area contributed by atoms with E-state index in [2.05, 4.69) is 5.32 Å². The summed E-state index contributed by atoms with van der Waals surface area (Å²) in [5, 5.41) is 2.46. The molecule has 1 aliphatic rings. The number of hydrogen-bond donors (Lipinski definition) is 1. The minimum absolute atomic E-state index is 0.365. The van der Waals surface area contributed by atoms with Crippen LogP contribution in [-0.4, -0.2) is 67.0 Å². The third kappa shape index (κ3) is 7.21. The van der Waals surface area contributed by atoms with Crippen molar-refractivity contribution in [1.29, 1.82) is 0 Å². The fraction of sp³-hybridized carbons (Fsp3) is 0.688. The Hall–Kier alpha value is -2.69. The Morgan fingerprint density at radius 1 is 0.778 bits per heavy atom. The van der Waals surface area contributed by atoms with Gasteiger partial charge in [0, 0.05) is 34.6 Å². The van der Waals surface area contributed by atoms with Gasteiger partial charge in [0.2, 0.25) is 12.2 Å². The molecule has 0 aromatic rings. The van der Waals surface area contributed by atoms with Gasteiger partial charge in [-0.1, -0.05) is 0 Å². The molecule has 1 fully saturated rings. The molecule has 0 aliphatic carbocycles. The first-order chi connectivity index (χ1) is 12.5. The topological polar surface area (TPSA) is 144 Å². The molecule has 1 heterocycles. The highest BCUT2D eigenvalue weighted by Crippen LogP contribution is 2.28. The molecule has 5 atom stereocenters. The van der Waals surface area contributed by atoms with Crippen molar-refractivity contribution >= 4 is 29.8 Å². The van der Waals surface area contributed by atoms with E-state index in [9.17, 15) is 24.0 Å². The second-order valence-electron chi connectivity index (χ2n) is 5.83. The summed E-state index contributed by atoms with van der Waals surface area (Å²) < 4.78 is 25.9. The Balaban J connectivity index is 3.29. The van der Waals surface area contributed by atoms with Crippen LogP contribution in [0.5, 0.6) is 0 Å². The molecular weight excluding hydrogens is 366 g/mol.